The van der Waals surface area contributed by atoms with Crippen molar-refractivity contribution in [1.29, 1.82) is 0 Å². The largest absolute Gasteiger partial charge is 0.376 e. The van der Waals surface area contributed by atoms with Crippen LogP contribution in [0.3, 0.4) is 0 Å². The second-order valence-electron chi connectivity index (χ2n) is 7.72. The molecule has 29 heavy (non-hydrogen) atoms. The monoisotopic (exact) mass is 413 g/mol. The van der Waals surface area contributed by atoms with Gasteiger partial charge in [-0.1, -0.05) is 30.0 Å². The summed E-state index contributed by atoms with van der Waals surface area (Å²) in [7, 11) is 0. The van der Waals surface area contributed by atoms with E-state index in [0.29, 0.717) is 6.54 Å². The third-order valence-electron chi connectivity index (χ3n) is 5.04. The van der Waals surface area contributed by atoms with Crippen molar-refractivity contribution in [2.45, 2.75) is 62.7 Å². The molecule has 1 amide bonds. The Balaban J connectivity index is 1.67. The van der Waals surface area contributed by atoms with Crippen LogP contribution in [0.5, 0.6) is 0 Å². The number of hydrogen-bond acceptors (Lipinski definition) is 5. The lowest BCUT2D eigenvalue weighted by molar-refractivity contribution is -0.120. The lowest BCUT2D eigenvalue weighted by Crippen LogP contribution is -2.36. The summed E-state index contributed by atoms with van der Waals surface area (Å²) in [6.07, 6.45) is 4.22. The number of aromatic nitrogens is 4. The van der Waals surface area contributed by atoms with Crippen molar-refractivity contribution < 1.29 is 9.53 Å². The number of benzene rings is 1. The van der Waals surface area contributed by atoms with Crippen LogP contribution in [0.25, 0.3) is 22.3 Å². The van der Waals surface area contributed by atoms with Gasteiger partial charge in [0.05, 0.1) is 17.9 Å². The summed E-state index contributed by atoms with van der Waals surface area (Å²) < 4.78 is 7.98. The average molecular weight is 414 g/mol. The zero-order valence-corrected chi connectivity index (χ0v) is 17.8. The van der Waals surface area contributed by atoms with Gasteiger partial charge in [0.15, 0.2) is 11.0 Å². The van der Waals surface area contributed by atoms with Gasteiger partial charge < -0.3 is 15.0 Å². The summed E-state index contributed by atoms with van der Waals surface area (Å²) in [5.41, 5.74) is 2.07. The standard InChI is InChI=1S/C21H27N5O2S/c1-13(2)23-20(27)14(3)29-21-25-24-19(26(21)12-15-7-6-10-28-15)17-11-22-18-9-5-4-8-16(17)18/h4-5,8-9,11,13-15,22H,6-7,10,12H2,1-3H3,(H,23,27). The number of ether oxygens (including phenoxy) is 1. The van der Waals surface area contributed by atoms with Gasteiger partial charge in [-0.15, -0.1) is 10.2 Å². The third kappa shape index (κ3) is 4.33. The summed E-state index contributed by atoms with van der Waals surface area (Å²) in [4.78, 5) is 15.7. The summed E-state index contributed by atoms with van der Waals surface area (Å²) >= 11 is 1.44. The maximum absolute atomic E-state index is 12.4. The van der Waals surface area contributed by atoms with E-state index in [1.54, 1.807) is 0 Å². The molecule has 4 rings (SSSR count). The molecule has 7 nitrogen and oxygen atoms in total. The zero-order chi connectivity index (χ0) is 20.4. The number of aromatic amines is 1. The van der Waals surface area contributed by atoms with Gasteiger partial charge in [0, 0.05) is 35.3 Å². The number of carbonyl (C=O) groups excluding carboxylic acids is 1. The summed E-state index contributed by atoms with van der Waals surface area (Å²) in [6.45, 7) is 7.31. The number of H-pyrrole nitrogens is 1. The molecular weight excluding hydrogens is 386 g/mol. The van der Waals surface area contributed by atoms with E-state index in [0.717, 1.165) is 46.9 Å². The van der Waals surface area contributed by atoms with E-state index in [1.165, 1.54) is 11.8 Å². The molecule has 2 atom stereocenters. The quantitative estimate of drug-likeness (QED) is 0.578. The van der Waals surface area contributed by atoms with Gasteiger partial charge in [-0.25, -0.2) is 0 Å². The first-order valence-corrected chi connectivity index (χ1v) is 11.0. The number of para-hydroxylation sites is 1. The molecule has 1 saturated heterocycles. The Morgan fingerprint density at radius 1 is 1.34 bits per heavy atom. The van der Waals surface area contributed by atoms with Gasteiger partial charge >= 0.3 is 0 Å². The molecule has 0 spiro atoms. The van der Waals surface area contributed by atoms with E-state index in [9.17, 15) is 4.79 Å². The summed E-state index contributed by atoms with van der Waals surface area (Å²) in [5.74, 6) is 0.808. The lowest BCUT2D eigenvalue weighted by atomic mass is 10.1. The Bertz CT molecular complexity index is 990. The fraction of sp³-hybridized carbons (Fsp3) is 0.476. The van der Waals surface area contributed by atoms with Crippen LogP contribution in [0, 0.1) is 0 Å². The molecule has 0 radical (unpaired) electrons. The van der Waals surface area contributed by atoms with Crippen molar-refractivity contribution in [2.24, 2.45) is 0 Å². The Morgan fingerprint density at radius 3 is 2.93 bits per heavy atom. The minimum Gasteiger partial charge on any atom is -0.376 e. The fourth-order valence-corrected chi connectivity index (χ4v) is 4.47. The number of nitrogens with one attached hydrogen (secondary N) is 2. The number of amides is 1. The maximum atomic E-state index is 12.4. The molecule has 3 aromatic rings. The van der Waals surface area contributed by atoms with Gasteiger partial charge in [-0.3, -0.25) is 9.36 Å². The first-order valence-electron chi connectivity index (χ1n) is 10.1. The predicted molar refractivity (Wildman–Crippen MR) is 115 cm³/mol. The van der Waals surface area contributed by atoms with Crippen LogP contribution < -0.4 is 5.32 Å². The summed E-state index contributed by atoms with van der Waals surface area (Å²) in [6, 6.07) is 8.27. The molecule has 0 saturated carbocycles. The van der Waals surface area contributed by atoms with Gasteiger partial charge in [-0.2, -0.15) is 0 Å². The molecule has 1 aliphatic rings. The van der Waals surface area contributed by atoms with Crippen LogP contribution in [0.15, 0.2) is 35.6 Å². The van der Waals surface area contributed by atoms with E-state index in [2.05, 4.69) is 31.1 Å². The Labute approximate surface area is 174 Å². The average Bonchev–Trinajstić information content (AvgIpc) is 3.42. The SMILES string of the molecule is CC(C)NC(=O)C(C)Sc1nnc(-c2c[nH]c3ccccc23)n1CC1CCCO1. The maximum Gasteiger partial charge on any atom is 0.233 e. The second-order valence-corrected chi connectivity index (χ2v) is 9.03. The molecule has 154 valence electrons. The van der Waals surface area contributed by atoms with E-state index in [4.69, 9.17) is 4.74 Å². The number of nitrogens with zero attached hydrogens (tertiary/aromatic N) is 3. The Kier molecular flexibility index (Phi) is 5.91. The molecule has 3 heterocycles. The molecule has 0 aliphatic carbocycles. The van der Waals surface area contributed by atoms with E-state index in [1.807, 2.05) is 45.2 Å². The van der Waals surface area contributed by atoms with Crippen LogP contribution in [0.2, 0.25) is 0 Å². The minimum absolute atomic E-state index is 0.00492. The van der Waals surface area contributed by atoms with Crippen LogP contribution in [0.1, 0.15) is 33.6 Å². The zero-order valence-electron chi connectivity index (χ0n) is 17.0. The Hall–Kier alpha value is -2.32. The number of carbonyl (C=O) groups is 1. The van der Waals surface area contributed by atoms with E-state index < -0.39 is 0 Å². The first kappa shape index (κ1) is 20.0. The van der Waals surface area contributed by atoms with E-state index >= 15 is 0 Å². The summed E-state index contributed by atoms with van der Waals surface area (Å²) in [5, 5.41) is 13.5. The number of rotatable bonds is 7. The smallest absolute Gasteiger partial charge is 0.233 e. The Morgan fingerprint density at radius 2 is 2.17 bits per heavy atom. The molecule has 2 N–H and O–H groups in total. The van der Waals surface area contributed by atoms with E-state index in [-0.39, 0.29) is 23.3 Å². The highest BCUT2D eigenvalue weighted by Gasteiger charge is 2.25. The third-order valence-corrected chi connectivity index (χ3v) is 6.12. The molecular formula is C21H27N5O2S. The highest BCUT2D eigenvalue weighted by atomic mass is 32.2. The normalized spacial score (nSPS) is 17.9. The molecule has 1 fully saturated rings. The molecule has 0 bridgehead atoms. The van der Waals surface area contributed by atoms with Crippen molar-refractivity contribution >= 4 is 28.6 Å². The fourth-order valence-electron chi connectivity index (χ4n) is 3.60. The molecule has 8 heteroatoms. The number of hydrogen-bond donors (Lipinski definition) is 2. The van der Waals surface area contributed by atoms with Gasteiger partial charge in [0.25, 0.3) is 0 Å². The van der Waals surface area contributed by atoms with Crippen molar-refractivity contribution in [3.63, 3.8) is 0 Å². The van der Waals surface area contributed by atoms with Gasteiger partial charge in [-0.05, 0) is 39.7 Å². The predicted octanol–water partition coefficient (Wildman–Crippen LogP) is 3.61. The van der Waals surface area contributed by atoms with Crippen LogP contribution in [-0.4, -0.2) is 49.7 Å². The van der Waals surface area contributed by atoms with Crippen molar-refractivity contribution in [1.82, 2.24) is 25.1 Å². The minimum atomic E-state index is -0.263. The molecule has 1 aromatic carbocycles. The second kappa shape index (κ2) is 8.59. The van der Waals surface area contributed by atoms with Crippen molar-refractivity contribution in [2.75, 3.05) is 6.61 Å². The highest BCUT2D eigenvalue weighted by Crippen LogP contribution is 2.32. The van der Waals surface area contributed by atoms with Crippen LogP contribution in [0.4, 0.5) is 0 Å². The molecule has 2 unspecified atom stereocenters. The van der Waals surface area contributed by atoms with Crippen LogP contribution in [-0.2, 0) is 16.1 Å². The van der Waals surface area contributed by atoms with Crippen molar-refractivity contribution in [3.8, 4) is 11.4 Å². The van der Waals surface area contributed by atoms with Gasteiger partial charge in [0.2, 0.25) is 5.91 Å². The highest BCUT2D eigenvalue weighted by molar-refractivity contribution is 8.00. The van der Waals surface area contributed by atoms with Crippen molar-refractivity contribution in [3.05, 3.63) is 30.5 Å². The van der Waals surface area contributed by atoms with Gasteiger partial charge in [0.1, 0.15) is 0 Å². The molecule has 1 aliphatic heterocycles. The topological polar surface area (TPSA) is 84.8 Å². The number of fused-ring (bicyclic) bond motifs is 1. The van der Waals surface area contributed by atoms with Crippen LogP contribution >= 0.6 is 11.8 Å². The number of thioether (sulfide) groups is 1. The lowest BCUT2D eigenvalue weighted by Gasteiger charge is -2.17. The first-order chi connectivity index (χ1) is 14.0. The molecule has 2 aromatic heterocycles.